The van der Waals surface area contributed by atoms with Gasteiger partial charge in [-0.05, 0) is 12.0 Å². The van der Waals surface area contributed by atoms with Crippen molar-refractivity contribution in [3.05, 3.63) is 30.0 Å². The largest absolute Gasteiger partial charge is 0.481 e. The molecule has 2 aromatic rings. The predicted octanol–water partition coefficient (Wildman–Crippen LogP) is 1.28. The van der Waals surface area contributed by atoms with E-state index in [4.69, 9.17) is 5.11 Å². The van der Waals surface area contributed by atoms with Crippen molar-refractivity contribution >= 4 is 22.8 Å². The molecule has 6 nitrogen and oxygen atoms in total. The minimum Gasteiger partial charge on any atom is -0.481 e. The van der Waals surface area contributed by atoms with Gasteiger partial charge in [-0.25, -0.2) is 0 Å². The number of carboxylic acids is 1. The van der Waals surface area contributed by atoms with Gasteiger partial charge in [-0.2, -0.15) is 5.10 Å². The van der Waals surface area contributed by atoms with Crippen molar-refractivity contribution in [3.63, 3.8) is 0 Å². The molecule has 0 spiro atoms. The molecule has 0 radical (unpaired) electrons. The summed E-state index contributed by atoms with van der Waals surface area (Å²) in [4.78, 5) is 25.1. The molecule has 2 heterocycles. The zero-order chi connectivity index (χ0) is 15.0. The molecule has 3 rings (SSSR count). The molecule has 110 valence electrons. The molecule has 0 saturated carbocycles. The van der Waals surface area contributed by atoms with E-state index in [1.165, 1.54) is 0 Å². The number of nitrogens with one attached hydrogen (secondary N) is 1. The average Bonchev–Trinajstić information content (AvgIpc) is 3.03. The lowest BCUT2D eigenvalue weighted by Crippen LogP contribution is -2.31. The first-order chi connectivity index (χ1) is 10.1. The fourth-order valence-electron chi connectivity index (χ4n) is 2.90. The van der Waals surface area contributed by atoms with Gasteiger partial charge < -0.3 is 10.0 Å². The Balaban J connectivity index is 1.74. The number of hydrogen-bond donors (Lipinski definition) is 2. The maximum Gasteiger partial charge on any atom is 0.308 e. The SMILES string of the molecule is C[C@@H]1CN(C(=O)Cc2[nH]nc3ccccc23)C[C@H]1C(=O)O. The summed E-state index contributed by atoms with van der Waals surface area (Å²) in [5, 5.41) is 17.1. The molecule has 6 heteroatoms. The van der Waals surface area contributed by atoms with Crippen LogP contribution in [0.15, 0.2) is 24.3 Å². The van der Waals surface area contributed by atoms with E-state index >= 15 is 0 Å². The van der Waals surface area contributed by atoms with Crippen LogP contribution in [0.5, 0.6) is 0 Å². The minimum atomic E-state index is -0.829. The number of carboxylic acid groups (broad SMARTS) is 1. The molecule has 2 atom stereocenters. The standard InChI is InChI=1S/C15H17N3O3/c1-9-7-18(8-11(9)15(20)21)14(19)6-13-10-4-2-3-5-12(10)16-17-13/h2-5,9,11H,6-8H2,1H3,(H,16,17)(H,20,21)/t9-,11-/m1/s1. The number of aromatic amines is 1. The first-order valence-electron chi connectivity index (χ1n) is 6.99. The van der Waals surface area contributed by atoms with Crippen LogP contribution >= 0.6 is 0 Å². The molecule has 1 amide bonds. The number of nitrogens with zero attached hydrogens (tertiary/aromatic N) is 2. The van der Waals surface area contributed by atoms with Crippen molar-refractivity contribution in [1.29, 1.82) is 0 Å². The lowest BCUT2D eigenvalue weighted by atomic mass is 9.99. The predicted molar refractivity (Wildman–Crippen MR) is 76.7 cm³/mol. The third-order valence-corrected chi connectivity index (χ3v) is 4.15. The molecule has 2 N–H and O–H groups in total. The summed E-state index contributed by atoms with van der Waals surface area (Å²) < 4.78 is 0. The Hall–Kier alpha value is -2.37. The summed E-state index contributed by atoms with van der Waals surface area (Å²) in [6.45, 7) is 2.67. The minimum absolute atomic E-state index is 0.00930. The maximum atomic E-state index is 12.4. The number of carbonyl (C=O) groups is 2. The number of amides is 1. The van der Waals surface area contributed by atoms with Crippen molar-refractivity contribution < 1.29 is 14.7 Å². The highest BCUT2D eigenvalue weighted by molar-refractivity contribution is 5.87. The van der Waals surface area contributed by atoms with E-state index in [0.29, 0.717) is 13.1 Å². The van der Waals surface area contributed by atoms with Gasteiger partial charge in [0, 0.05) is 18.5 Å². The fraction of sp³-hybridized carbons (Fsp3) is 0.400. The topological polar surface area (TPSA) is 86.3 Å². The second kappa shape index (κ2) is 5.20. The van der Waals surface area contributed by atoms with Crippen LogP contribution in [0.1, 0.15) is 12.6 Å². The van der Waals surface area contributed by atoms with Gasteiger partial charge in [0.05, 0.1) is 23.5 Å². The Bertz CT molecular complexity index is 694. The van der Waals surface area contributed by atoms with Crippen molar-refractivity contribution in [1.82, 2.24) is 15.1 Å². The van der Waals surface area contributed by atoms with Gasteiger partial charge in [0.2, 0.25) is 5.91 Å². The molecule has 0 aliphatic carbocycles. The monoisotopic (exact) mass is 287 g/mol. The van der Waals surface area contributed by atoms with Crippen LogP contribution in [0.25, 0.3) is 10.9 Å². The van der Waals surface area contributed by atoms with Crippen molar-refractivity contribution in [2.75, 3.05) is 13.1 Å². The highest BCUT2D eigenvalue weighted by Crippen LogP contribution is 2.24. The molecular formula is C15H17N3O3. The van der Waals surface area contributed by atoms with Gasteiger partial charge in [0.15, 0.2) is 0 Å². The molecular weight excluding hydrogens is 270 g/mol. The van der Waals surface area contributed by atoms with Crippen LogP contribution in [0, 0.1) is 11.8 Å². The van der Waals surface area contributed by atoms with E-state index in [9.17, 15) is 9.59 Å². The van der Waals surface area contributed by atoms with E-state index in [2.05, 4.69) is 10.2 Å². The third-order valence-electron chi connectivity index (χ3n) is 4.15. The van der Waals surface area contributed by atoms with Crippen LogP contribution in [0.3, 0.4) is 0 Å². The fourth-order valence-corrected chi connectivity index (χ4v) is 2.90. The van der Waals surface area contributed by atoms with E-state index in [-0.39, 0.29) is 18.2 Å². The van der Waals surface area contributed by atoms with Gasteiger partial charge in [-0.1, -0.05) is 25.1 Å². The number of hydrogen-bond acceptors (Lipinski definition) is 3. The van der Waals surface area contributed by atoms with Crippen molar-refractivity contribution in [2.24, 2.45) is 11.8 Å². The number of carbonyl (C=O) groups excluding carboxylic acids is 1. The smallest absolute Gasteiger partial charge is 0.308 e. The van der Waals surface area contributed by atoms with Gasteiger partial charge >= 0.3 is 5.97 Å². The Morgan fingerprint density at radius 1 is 1.38 bits per heavy atom. The van der Waals surface area contributed by atoms with Gasteiger partial charge in [-0.15, -0.1) is 0 Å². The highest BCUT2D eigenvalue weighted by atomic mass is 16.4. The molecule has 1 fully saturated rings. The molecule has 1 saturated heterocycles. The number of H-pyrrole nitrogens is 1. The molecule has 0 unspecified atom stereocenters. The average molecular weight is 287 g/mol. The van der Waals surface area contributed by atoms with Gasteiger partial charge in [0.25, 0.3) is 0 Å². The maximum absolute atomic E-state index is 12.4. The summed E-state index contributed by atoms with van der Waals surface area (Å²) in [6, 6.07) is 7.62. The molecule has 1 aliphatic heterocycles. The quantitative estimate of drug-likeness (QED) is 0.890. The Morgan fingerprint density at radius 3 is 2.86 bits per heavy atom. The first kappa shape index (κ1) is 13.6. The summed E-state index contributed by atoms with van der Waals surface area (Å²) in [6.07, 6.45) is 0.222. The number of rotatable bonds is 3. The molecule has 1 aromatic carbocycles. The van der Waals surface area contributed by atoms with E-state index in [1.807, 2.05) is 31.2 Å². The molecule has 0 bridgehead atoms. The number of fused-ring (bicyclic) bond motifs is 1. The molecule has 1 aliphatic rings. The van der Waals surface area contributed by atoms with Crippen LogP contribution in [0.2, 0.25) is 0 Å². The van der Waals surface area contributed by atoms with Crippen LogP contribution < -0.4 is 0 Å². The summed E-state index contributed by atoms with van der Waals surface area (Å²) >= 11 is 0. The zero-order valence-electron chi connectivity index (χ0n) is 11.7. The summed E-state index contributed by atoms with van der Waals surface area (Å²) in [5.74, 6) is -1.36. The second-order valence-corrected chi connectivity index (χ2v) is 5.62. The normalized spacial score (nSPS) is 21.9. The van der Waals surface area contributed by atoms with Gasteiger partial charge in [0.1, 0.15) is 0 Å². The van der Waals surface area contributed by atoms with Crippen molar-refractivity contribution in [3.8, 4) is 0 Å². The zero-order valence-corrected chi connectivity index (χ0v) is 11.7. The lowest BCUT2D eigenvalue weighted by Gasteiger charge is -2.15. The molecule has 1 aromatic heterocycles. The third kappa shape index (κ3) is 2.49. The number of aromatic nitrogens is 2. The number of aliphatic carboxylic acids is 1. The second-order valence-electron chi connectivity index (χ2n) is 5.62. The lowest BCUT2D eigenvalue weighted by molar-refractivity contribution is -0.142. The van der Waals surface area contributed by atoms with Crippen LogP contribution in [-0.4, -0.2) is 45.2 Å². The number of para-hydroxylation sites is 1. The Kier molecular flexibility index (Phi) is 3.37. The highest BCUT2D eigenvalue weighted by Gasteiger charge is 2.36. The van der Waals surface area contributed by atoms with Crippen molar-refractivity contribution in [2.45, 2.75) is 13.3 Å². The summed E-state index contributed by atoms with van der Waals surface area (Å²) in [5.41, 5.74) is 1.61. The van der Waals surface area contributed by atoms with Gasteiger partial charge in [-0.3, -0.25) is 14.7 Å². The van der Waals surface area contributed by atoms with E-state index < -0.39 is 11.9 Å². The molecule has 21 heavy (non-hydrogen) atoms. The van der Waals surface area contributed by atoms with E-state index in [0.717, 1.165) is 16.6 Å². The number of benzene rings is 1. The Labute approximate surface area is 121 Å². The number of likely N-dealkylation sites (tertiary alicyclic amines) is 1. The van der Waals surface area contributed by atoms with Crippen LogP contribution in [-0.2, 0) is 16.0 Å². The Morgan fingerprint density at radius 2 is 2.14 bits per heavy atom. The van der Waals surface area contributed by atoms with E-state index in [1.54, 1.807) is 4.90 Å². The van der Waals surface area contributed by atoms with Crippen LogP contribution in [0.4, 0.5) is 0 Å². The summed E-state index contributed by atoms with van der Waals surface area (Å²) in [7, 11) is 0. The first-order valence-corrected chi connectivity index (χ1v) is 6.99.